The van der Waals surface area contributed by atoms with Crippen molar-refractivity contribution in [1.82, 2.24) is 10.6 Å². The Balaban J connectivity index is 2.32. The van der Waals surface area contributed by atoms with Gasteiger partial charge in [0.1, 0.15) is 0 Å². The first-order chi connectivity index (χ1) is 6.55. The predicted molar refractivity (Wildman–Crippen MR) is 66.9 cm³/mol. The van der Waals surface area contributed by atoms with Gasteiger partial charge in [-0.2, -0.15) is 0 Å². The molecule has 4 heteroatoms. The van der Waals surface area contributed by atoms with Crippen LogP contribution in [0.3, 0.4) is 0 Å². The highest BCUT2D eigenvalue weighted by molar-refractivity contribution is 9.10. The van der Waals surface area contributed by atoms with Crippen LogP contribution < -0.4 is 10.6 Å². The van der Waals surface area contributed by atoms with Crippen molar-refractivity contribution in [3.63, 3.8) is 0 Å². The maximum atomic E-state index is 3.52. The van der Waals surface area contributed by atoms with E-state index in [1.165, 1.54) is 9.35 Å². The second-order valence-electron chi connectivity index (χ2n) is 3.93. The number of likely N-dealkylation sites (N-methyl/N-ethyl adjacent to an activating group) is 1. The molecule has 0 aromatic carbocycles. The van der Waals surface area contributed by atoms with E-state index < -0.39 is 0 Å². The van der Waals surface area contributed by atoms with Crippen molar-refractivity contribution in [2.24, 2.45) is 0 Å². The van der Waals surface area contributed by atoms with Crippen molar-refractivity contribution in [1.29, 1.82) is 0 Å². The zero-order chi connectivity index (χ0) is 10.6. The van der Waals surface area contributed by atoms with Crippen LogP contribution in [0.1, 0.15) is 18.7 Å². The molecule has 1 aromatic heterocycles. The summed E-state index contributed by atoms with van der Waals surface area (Å²) in [5, 5.41) is 8.80. The van der Waals surface area contributed by atoms with Gasteiger partial charge in [0, 0.05) is 28.0 Å². The SMILES string of the molecule is CNC(C)(C)CNCc1sccc1Br. The van der Waals surface area contributed by atoms with Crippen LogP contribution in [0.4, 0.5) is 0 Å². The molecule has 0 fully saturated rings. The summed E-state index contributed by atoms with van der Waals surface area (Å²) in [6.45, 7) is 6.27. The Morgan fingerprint density at radius 1 is 1.50 bits per heavy atom. The van der Waals surface area contributed by atoms with Gasteiger partial charge < -0.3 is 10.6 Å². The lowest BCUT2D eigenvalue weighted by molar-refractivity contribution is 0.394. The Labute approximate surface area is 98.2 Å². The van der Waals surface area contributed by atoms with Gasteiger partial charge in [0.15, 0.2) is 0 Å². The minimum Gasteiger partial charge on any atom is -0.314 e. The number of halogens is 1. The van der Waals surface area contributed by atoms with E-state index >= 15 is 0 Å². The fourth-order valence-electron chi connectivity index (χ4n) is 1.03. The van der Waals surface area contributed by atoms with Crippen LogP contribution in [0.25, 0.3) is 0 Å². The maximum Gasteiger partial charge on any atom is 0.0327 e. The summed E-state index contributed by atoms with van der Waals surface area (Å²) in [6.07, 6.45) is 0. The number of rotatable bonds is 5. The Bertz CT molecular complexity index is 283. The molecule has 0 atom stereocenters. The third-order valence-electron chi connectivity index (χ3n) is 2.22. The van der Waals surface area contributed by atoms with E-state index in [1.807, 2.05) is 7.05 Å². The van der Waals surface area contributed by atoms with E-state index in [4.69, 9.17) is 0 Å². The molecule has 0 amide bonds. The molecule has 0 bridgehead atoms. The van der Waals surface area contributed by atoms with E-state index in [0.717, 1.165) is 13.1 Å². The third-order valence-corrected chi connectivity index (χ3v) is 4.15. The fraction of sp³-hybridized carbons (Fsp3) is 0.600. The summed E-state index contributed by atoms with van der Waals surface area (Å²) < 4.78 is 1.21. The number of hydrogen-bond donors (Lipinski definition) is 2. The van der Waals surface area contributed by atoms with E-state index in [0.29, 0.717) is 0 Å². The fourth-order valence-corrected chi connectivity index (χ4v) is 2.49. The lowest BCUT2D eigenvalue weighted by Gasteiger charge is -2.24. The van der Waals surface area contributed by atoms with Crippen LogP contribution in [0, 0.1) is 0 Å². The molecule has 0 unspecified atom stereocenters. The number of hydrogen-bond acceptors (Lipinski definition) is 3. The molecule has 1 heterocycles. The molecule has 0 radical (unpaired) electrons. The molecule has 80 valence electrons. The van der Waals surface area contributed by atoms with E-state index in [1.54, 1.807) is 11.3 Å². The first kappa shape index (κ1) is 12.2. The minimum atomic E-state index is 0.156. The number of nitrogens with one attached hydrogen (secondary N) is 2. The van der Waals surface area contributed by atoms with Gasteiger partial charge in [0.2, 0.25) is 0 Å². The molecule has 0 saturated carbocycles. The van der Waals surface area contributed by atoms with Crippen molar-refractivity contribution in [2.45, 2.75) is 25.9 Å². The average Bonchev–Trinajstić information content (AvgIpc) is 2.52. The van der Waals surface area contributed by atoms with Crippen LogP contribution in [0.15, 0.2) is 15.9 Å². The molecule has 0 aliphatic heterocycles. The van der Waals surface area contributed by atoms with Gasteiger partial charge in [-0.05, 0) is 48.3 Å². The summed E-state index contributed by atoms with van der Waals surface area (Å²) in [7, 11) is 1.99. The molecule has 2 nitrogen and oxygen atoms in total. The van der Waals surface area contributed by atoms with Gasteiger partial charge in [0.25, 0.3) is 0 Å². The van der Waals surface area contributed by atoms with Gasteiger partial charge in [0.05, 0.1) is 0 Å². The average molecular weight is 277 g/mol. The van der Waals surface area contributed by atoms with Crippen molar-refractivity contribution in [3.05, 3.63) is 20.8 Å². The second kappa shape index (κ2) is 5.26. The maximum absolute atomic E-state index is 3.52. The van der Waals surface area contributed by atoms with Gasteiger partial charge in [-0.25, -0.2) is 0 Å². The third kappa shape index (κ3) is 3.69. The predicted octanol–water partition coefficient (Wildman–Crippen LogP) is 2.60. The summed E-state index contributed by atoms with van der Waals surface area (Å²) in [6, 6.07) is 2.09. The highest BCUT2D eigenvalue weighted by atomic mass is 79.9. The van der Waals surface area contributed by atoms with Gasteiger partial charge >= 0.3 is 0 Å². The van der Waals surface area contributed by atoms with Crippen molar-refractivity contribution < 1.29 is 0 Å². The molecule has 0 saturated heterocycles. The van der Waals surface area contributed by atoms with Crippen molar-refractivity contribution in [2.75, 3.05) is 13.6 Å². The molecule has 0 spiro atoms. The first-order valence-electron chi connectivity index (χ1n) is 4.67. The van der Waals surface area contributed by atoms with Crippen LogP contribution in [0.5, 0.6) is 0 Å². The summed E-state index contributed by atoms with van der Waals surface area (Å²) >= 11 is 5.30. The first-order valence-corrected chi connectivity index (χ1v) is 6.34. The molecule has 1 rings (SSSR count). The smallest absolute Gasteiger partial charge is 0.0327 e. The Hall–Kier alpha value is 0.100. The standard InChI is InChI=1S/C10H17BrN2S/c1-10(2,12-3)7-13-6-9-8(11)4-5-14-9/h4-5,12-13H,6-7H2,1-3H3. The van der Waals surface area contributed by atoms with Gasteiger partial charge in [-0.3, -0.25) is 0 Å². The molecule has 0 aliphatic carbocycles. The van der Waals surface area contributed by atoms with E-state index in [-0.39, 0.29) is 5.54 Å². The highest BCUT2D eigenvalue weighted by Gasteiger charge is 2.13. The van der Waals surface area contributed by atoms with E-state index in [9.17, 15) is 0 Å². The van der Waals surface area contributed by atoms with Crippen molar-refractivity contribution >= 4 is 27.3 Å². The largest absolute Gasteiger partial charge is 0.314 e. The van der Waals surface area contributed by atoms with Gasteiger partial charge in [-0.15, -0.1) is 11.3 Å². The van der Waals surface area contributed by atoms with Gasteiger partial charge in [-0.1, -0.05) is 0 Å². The normalized spacial score (nSPS) is 12.0. The van der Waals surface area contributed by atoms with Crippen LogP contribution >= 0.6 is 27.3 Å². The molecular formula is C10H17BrN2S. The quantitative estimate of drug-likeness (QED) is 0.864. The van der Waals surface area contributed by atoms with Crippen molar-refractivity contribution in [3.8, 4) is 0 Å². The van der Waals surface area contributed by atoms with Crippen LogP contribution in [-0.4, -0.2) is 19.1 Å². The highest BCUT2D eigenvalue weighted by Crippen LogP contribution is 2.22. The molecule has 14 heavy (non-hydrogen) atoms. The monoisotopic (exact) mass is 276 g/mol. The Morgan fingerprint density at radius 3 is 2.71 bits per heavy atom. The Kier molecular flexibility index (Phi) is 4.57. The molecule has 0 aliphatic rings. The topological polar surface area (TPSA) is 24.1 Å². The zero-order valence-electron chi connectivity index (χ0n) is 8.86. The van der Waals surface area contributed by atoms with Crippen LogP contribution in [0.2, 0.25) is 0 Å². The number of thiophene rings is 1. The molecule has 1 aromatic rings. The second-order valence-corrected chi connectivity index (χ2v) is 5.78. The van der Waals surface area contributed by atoms with E-state index in [2.05, 4.69) is 51.9 Å². The summed E-state index contributed by atoms with van der Waals surface area (Å²) in [4.78, 5) is 1.36. The summed E-state index contributed by atoms with van der Waals surface area (Å²) in [5.74, 6) is 0. The van der Waals surface area contributed by atoms with Crippen LogP contribution in [-0.2, 0) is 6.54 Å². The summed E-state index contributed by atoms with van der Waals surface area (Å²) in [5.41, 5.74) is 0.156. The zero-order valence-corrected chi connectivity index (χ0v) is 11.3. The molecule has 2 N–H and O–H groups in total. The Morgan fingerprint density at radius 2 is 2.21 bits per heavy atom. The lowest BCUT2D eigenvalue weighted by atomic mass is 10.1. The minimum absolute atomic E-state index is 0.156. The lowest BCUT2D eigenvalue weighted by Crippen LogP contribution is -2.45. The molecular weight excluding hydrogens is 260 g/mol.